The second-order valence-electron chi connectivity index (χ2n) is 4.33. The third kappa shape index (κ3) is 3.64. The van der Waals surface area contributed by atoms with Gasteiger partial charge in [0.25, 0.3) is 0 Å². The van der Waals surface area contributed by atoms with Gasteiger partial charge >= 0.3 is 0 Å². The average molecular weight is 297 g/mol. The fourth-order valence-electron chi connectivity index (χ4n) is 1.86. The number of hydrogen-bond donors (Lipinski definition) is 0. The van der Waals surface area contributed by atoms with Crippen molar-refractivity contribution in [1.29, 1.82) is 0 Å². The minimum atomic E-state index is -0.488. The van der Waals surface area contributed by atoms with Gasteiger partial charge < -0.3 is 0 Å². The monoisotopic (exact) mass is 296 g/mol. The highest BCUT2D eigenvalue weighted by atomic mass is 35.5. The highest BCUT2D eigenvalue weighted by molar-refractivity contribution is 7.12. The molecule has 0 fully saturated rings. The van der Waals surface area contributed by atoms with Crippen molar-refractivity contribution in [2.75, 3.05) is 0 Å². The van der Waals surface area contributed by atoms with Gasteiger partial charge in [0.1, 0.15) is 11.6 Å². The number of rotatable bonds is 5. The Labute approximate surface area is 121 Å². The lowest BCUT2D eigenvalue weighted by Gasteiger charge is -2.03. The van der Waals surface area contributed by atoms with Crippen molar-refractivity contribution in [2.24, 2.45) is 0 Å². The van der Waals surface area contributed by atoms with E-state index >= 15 is 0 Å². The second-order valence-corrected chi connectivity index (χ2v) is 5.99. The van der Waals surface area contributed by atoms with E-state index in [9.17, 15) is 9.18 Å². The van der Waals surface area contributed by atoms with Crippen molar-refractivity contribution in [2.45, 2.75) is 26.2 Å². The van der Waals surface area contributed by atoms with Crippen LogP contribution in [0.1, 0.15) is 22.2 Å². The highest BCUT2D eigenvalue weighted by Gasteiger charge is 2.12. The molecule has 1 heterocycles. The van der Waals surface area contributed by atoms with E-state index in [0.29, 0.717) is 12.0 Å². The van der Waals surface area contributed by atoms with Crippen LogP contribution in [-0.4, -0.2) is 5.78 Å². The van der Waals surface area contributed by atoms with Crippen molar-refractivity contribution in [3.63, 3.8) is 0 Å². The molecule has 0 atom stereocenters. The first-order valence-electron chi connectivity index (χ1n) is 6.12. The van der Waals surface area contributed by atoms with Gasteiger partial charge in [-0.15, -0.1) is 11.3 Å². The largest absolute Gasteiger partial charge is 0.299 e. The second kappa shape index (κ2) is 6.31. The lowest BCUT2D eigenvalue weighted by atomic mass is 10.1. The van der Waals surface area contributed by atoms with Crippen LogP contribution in [0.5, 0.6) is 0 Å². The van der Waals surface area contributed by atoms with Crippen molar-refractivity contribution in [3.05, 3.63) is 56.5 Å². The van der Waals surface area contributed by atoms with Gasteiger partial charge in [0.15, 0.2) is 0 Å². The zero-order chi connectivity index (χ0) is 13.8. The van der Waals surface area contributed by atoms with Crippen molar-refractivity contribution >= 4 is 28.7 Å². The first kappa shape index (κ1) is 14.2. The molecule has 1 aromatic heterocycles. The molecule has 0 aliphatic heterocycles. The molecule has 0 saturated heterocycles. The fraction of sp³-hybridized carbons (Fsp3) is 0.267. The Morgan fingerprint density at radius 2 is 1.95 bits per heavy atom. The van der Waals surface area contributed by atoms with Crippen LogP contribution in [0, 0.1) is 5.82 Å². The third-order valence-corrected chi connectivity index (χ3v) is 4.38. The highest BCUT2D eigenvalue weighted by Crippen LogP contribution is 2.21. The number of thiophene rings is 1. The zero-order valence-corrected chi connectivity index (χ0v) is 12.2. The molecule has 4 heteroatoms. The minimum Gasteiger partial charge on any atom is -0.299 e. The van der Waals surface area contributed by atoms with E-state index in [1.807, 2.05) is 12.1 Å². The summed E-state index contributed by atoms with van der Waals surface area (Å²) in [4.78, 5) is 14.2. The summed E-state index contributed by atoms with van der Waals surface area (Å²) in [6.07, 6.45) is 1.42. The Morgan fingerprint density at radius 3 is 2.63 bits per heavy atom. The Balaban J connectivity index is 2.03. The van der Waals surface area contributed by atoms with Gasteiger partial charge in [0.2, 0.25) is 0 Å². The van der Waals surface area contributed by atoms with Crippen LogP contribution in [0.15, 0.2) is 30.3 Å². The Bertz CT molecular complexity index is 592. The summed E-state index contributed by atoms with van der Waals surface area (Å²) in [6.45, 7) is 2.08. The number of Topliss-reactive ketones (excluding diaryl/α,β-unsaturated/α-hetero) is 1. The van der Waals surface area contributed by atoms with Crippen LogP contribution in [0.4, 0.5) is 4.39 Å². The number of aryl methyl sites for hydroxylation is 1. The molecule has 0 radical (unpaired) electrons. The van der Waals surface area contributed by atoms with E-state index in [0.717, 1.165) is 11.3 Å². The lowest BCUT2D eigenvalue weighted by Crippen LogP contribution is -2.07. The maximum atomic E-state index is 13.7. The minimum absolute atomic E-state index is 0.00525. The lowest BCUT2D eigenvalue weighted by molar-refractivity contribution is -0.117. The summed E-state index contributed by atoms with van der Waals surface area (Å²) in [7, 11) is 0. The van der Waals surface area contributed by atoms with Crippen LogP contribution in [0.25, 0.3) is 0 Å². The maximum absolute atomic E-state index is 13.7. The molecule has 0 N–H and O–H groups in total. The summed E-state index contributed by atoms with van der Waals surface area (Å²) in [5.74, 6) is -0.483. The summed E-state index contributed by atoms with van der Waals surface area (Å²) in [5, 5.41) is 0.0645. The predicted octanol–water partition coefficient (Wildman–Crippen LogP) is 4.46. The van der Waals surface area contributed by atoms with Gasteiger partial charge in [0, 0.05) is 22.6 Å². The zero-order valence-electron chi connectivity index (χ0n) is 10.6. The van der Waals surface area contributed by atoms with E-state index in [2.05, 4.69) is 6.92 Å². The van der Waals surface area contributed by atoms with E-state index in [1.54, 1.807) is 23.5 Å². The molecule has 0 aliphatic rings. The molecule has 19 heavy (non-hydrogen) atoms. The Hall–Kier alpha value is -1.19. The van der Waals surface area contributed by atoms with Gasteiger partial charge in [-0.05, 0) is 30.2 Å². The van der Waals surface area contributed by atoms with Crippen molar-refractivity contribution in [3.8, 4) is 0 Å². The average Bonchev–Trinajstić information content (AvgIpc) is 2.82. The quantitative estimate of drug-likeness (QED) is 0.796. The van der Waals surface area contributed by atoms with Crippen LogP contribution >= 0.6 is 22.9 Å². The van der Waals surface area contributed by atoms with Crippen molar-refractivity contribution in [1.82, 2.24) is 0 Å². The standard InChI is InChI=1S/C15H14ClFOS/c1-2-12-6-7-13(19-12)9-11(18)8-10-4-3-5-14(16)15(10)17/h3-7H,2,8-9H2,1H3. The molecular formula is C15H14ClFOS. The van der Waals surface area contributed by atoms with E-state index in [1.165, 1.54) is 10.9 Å². The first-order valence-corrected chi connectivity index (χ1v) is 7.31. The molecule has 0 amide bonds. The number of carbonyl (C=O) groups excluding carboxylic acids is 1. The van der Waals surface area contributed by atoms with E-state index < -0.39 is 5.82 Å². The van der Waals surface area contributed by atoms with Crippen LogP contribution in [-0.2, 0) is 24.1 Å². The van der Waals surface area contributed by atoms with Gasteiger partial charge in [-0.1, -0.05) is 30.7 Å². The number of carbonyl (C=O) groups is 1. The molecule has 0 bridgehead atoms. The molecule has 0 unspecified atom stereocenters. The normalized spacial score (nSPS) is 10.7. The predicted molar refractivity (Wildman–Crippen MR) is 77.5 cm³/mol. The van der Waals surface area contributed by atoms with Gasteiger partial charge in [-0.25, -0.2) is 4.39 Å². The summed E-state index contributed by atoms with van der Waals surface area (Å²) in [6, 6.07) is 8.75. The number of hydrogen-bond acceptors (Lipinski definition) is 2. The van der Waals surface area contributed by atoms with Gasteiger partial charge in [-0.2, -0.15) is 0 Å². The number of halogens is 2. The van der Waals surface area contributed by atoms with E-state index in [-0.39, 0.29) is 17.2 Å². The Morgan fingerprint density at radius 1 is 1.21 bits per heavy atom. The first-order chi connectivity index (χ1) is 9.10. The summed E-state index contributed by atoms with van der Waals surface area (Å²) in [5.41, 5.74) is 0.366. The molecular weight excluding hydrogens is 283 g/mol. The third-order valence-electron chi connectivity index (χ3n) is 2.86. The van der Waals surface area contributed by atoms with E-state index in [4.69, 9.17) is 11.6 Å². The molecule has 2 rings (SSSR count). The number of ketones is 1. The van der Waals surface area contributed by atoms with Gasteiger partial charge in [0.05, 0.1) is 5.02 Å². The molecule has 100 valence electrons. The van der Waals surface area contributed by atoms with Crippen LogP contribution in [0.3, 0.4) is 0 Å². The molecule has 0 spiro atoms. The Kier molecular flexibility index (Phi) is 4.72. The van der Waals surface area contributed by atoms with Crippen LogP contribution in [0.2, 0.25) is 5.02 Å². The summed E-state index contributed by atoms with van der Waals surface area (Å²) < 4.78 is 13.7. The molecule has 1 aromatic carbocycles. The molecule has 1 nitrogen and oxygen atoms in total. The number of benzene rings is 1. The smallest absolute Gasteiger partial charge is 0.145 e. The van der Waals surface area contributed by atoms with Gasteiger partial charge in [-0.3, -0.25) is 4.79 Å². The SMILES string of the molecule is CCc1ccc(CC(=O)Cc2cccc(Cl)c2F)s1. The maximum Gasteiger partial charge on any atom is 0.145 e. The van der Waals surface area contributed by atoms with Crippen LogP contribution < -0.4 is 0 Å². The molecule has 0 aliphatic carbocycles. The molecule has 2 aromatic rings. The summed E-state index contributed by atoms with van der Waals surface area (Å²) >= 11 is 7.33. The molecule has 0 saturated carbocycles. The topological polar surface area (TPSA) is 17.1 Å². The fourth-order valence-corrected chi connectivity index (χ4v) is 3.04. The van der Waals surface area contributed by atoms with Crippen molar-refractivity contribution < 1.29 is 9.18 Å².